The van der Waals surface area contributed by atoms with Crippen LogP contribution in [0, 0.1) is 6.92 Å². The van der Waals surface area contributed by atoms with Gasteiger partial charge in [0.25, 0.3) is 0 Å². The van der Waals surface area contributed by atoms with Crippen molar-refractivity contribution in [3.05, 3.63) is 64.5 Å². The second kappa shape index (κ2) is 7.87. The second-order valence-electron chi connectivity index (χ2n) is 8.14. The van der Waals surface area contributed by atoms with E-state index in [2.05, 4.69) is 0 Å². The molecular weight excluding hydrogens is 384 g/mol. The van der Waals surface area contributed by atoms with Gasteiger partial charge < -0.3 is 23.7 Å². The molecule has 1 aliphatic rings. The Morgan fingerprint density at radius 1 is 1.13 bits per heavy atom. The standard InChI is InChI=1S/C24H26O6/c1-14-17-11-10-16(28-20-13-18(25)22(27-4)24(2,3)30-20)12-19(17)29-23(26)21(14)15-8-6-5-7-9-15/h5-12,18,20,22,25H,13H2,1-4H3/t18-,20-,22-/m1/s1. The first-order chi connectivity index (χ1) is 14.3. The van der Waals surface area contributed by atoms with Crippen molar-refractivity contribution < 1.29 is 23.7 Å². The number of benzene rings is 2. The first-order valence-electron chi connectivity index (χ1n) is 9.98. The maximum absolute atomic E-state index is 12.7. The predicted molar refractivity (Wildman–Crippen MR) is 114 cm³/mol. The van der Waals surface area contributed by atoms with E-state index < -0.39 is 29.7 Å². The van der Waals surface area contributed by atoms with Crippen molar-refractivity contribution in [2.45, 2.75) is 51.3 Å². The molecule has 1 saturated heterocycles. The average Bonchev–Trinajstić information content (AvgIpc) is 2.67. The van der Waals surface area contributed by atoms with E-state index in [0.717, 1.165) is 16.5 Å². The van der Waals surface area contributed by atoms with Crippen molar-refractivity contribution in [3.63, 3.8) is 0 Å². The normalized spacial score (nSPS) is 23.4. The topological polar surface area (TPSA) is 78.1 Å². The van der Waals surface area contributed by atoms with Crippen LogP contribution in [0.3, 0.4) is 0 Å². The van der Waals surface area contributed by atoms with Gasteiger partial charge in [-0.1, -0.05) is 30.3 Å². The minimum absolute atomic E-state index is 0.274. The Bertz CT molecular complexity index is 1100. The Hall–Kier alpha value is -2.67. The molecule has 1 aliphatic heterocycles. The third-order valence-electron chi connectivity index (χ3n) is 5.63. The Balaban J connectivity index is 1.64. The summed E-state index contributed by atoms with van der Waals surface area (Å²) in [5.41, 5.74) is 1.58. The van der Waals surface area contributed by atoms with Gasteiger partial charge in [0.2, 0.25) is 6.29 Å². The molecule has 1 aromatic heterocycles. The largest absolute Gasteiger partial charge is 0.465 e. The van der Waals surface area contributed by atoms with Crippen LogP contribution in [0.4, 0.5) is 0 Å². The summed E-state index contributed by atoms with van der Waals surface area (Å²) in [4.78, 5) is 12.7. The van der Waals surface area contributed by atoms with E-state index in [1.807, 2.05) is 63.2 Å². The van der Waals surface area contributed by atoms with Crippen LogP contribution in [0.2, 0.25) is 0 Å². The molecule has 3 atom stereocenters. The molecule has 6 heteroatoms. The summed E-state index contributed by atoms with van der Waals surface area (Å²) < 4.78 is 22.9. The lowest BCUT2D eigenvalue weighted by Crippen LogP contribution is -2.56. The number of ether oxygens (including phenoxy) is 3. The molecule has 0 saturated carbocycles. The van der Waals surface area contributed by atoms with E-state index in [1.165, 1.54) is 0 Å². The first kappa shape index (κ1) is 20.6. The van der Waals surface area contributed by atoms with Gasteiger partial charge in [0.1, 0.15) is 17.4 Å². The summed E-state index contributed by atoms with van der Waals surface area (Å²) in [5, 5.41) is 11.2. The molecule has 1 fully saturated rings. The highest BCUT2D eigenvalue weighted by atomic mass is 16.7. The second-order valence-corrected chi connectivity index (χ2v) is 8.14. The lowest BCUT2D eigenvalue weighted by molar-refractivity contribution is -0.264. The van der Waals surface area contributed by atoms with Crippen molar-refractivity contribution in [3.8, 4) is 16.9 Å². The summed E-state index contributed by atoms with van der Waals surface area (Å²) in [7, 11) is 1.55. The van der Waals surface area contributed by atoms with E-state index in [-0.39, 0.29) is 6.42 Å². The molecule has 3 aromatic rings. The van der Waals surface area contributed by atoms with Crippen LogP contribution < -0.4 is 10.4 Å². The molecular formula is C24H26O6. The van der Waals surface area contributed by atoms with Crippen molar-refractivity contribution >= 4 is 11.0 Å². The van der Waals surface area contributed by atoms with Crippen LogP contribution in [0.1, 0.15) is 25.8 Å². The number of hydrogen-bond acceptors (Lipinski definition) is 6. The number of aliphatic hydroxyl groups excluding tert-OH is 1. The summed E-state index contributed by atoms with van der Waals surface area (Å²) in [6, 6.07) is 14.8. The molecule has 0 unspecified atom stereocenters. The molecule has 4 rings (SSSR count). The molecule has 158 valence electrons. The number of aryl methyl sites for hydroxylation is 1. The van der Waals surface area contributed by atoms with E-state index in [0.29, 0.717) is 16.9 Å². The Kier molecular flexibility index (Phi) is 5.40. The molecule has 1 N–H and O–H groups in total. The minimum Gasteiger partial charge on any atom is -0.465 e. The van der Waals surface area contributed by atoms with Crippen LogP contribution in [0.5, 0.6) is 5.75 Å². The molecule has 0 aliphatic carbocycles. The first-order valence-corrected chi connectivity index (χ1v) is 9.98. The number of hydrogen-bond donors (Lipinski definition) is 1. The molecule has 2 heterocycles. The van der Waals surface area contributed by atoms with Gasteiger partial charge in [-0.2, -0.15) is 0 Å². The van der Waals surface area contributed by atoms with Gasteiger partial charge in [-0.3, -0.25) is 0 Å². The van der Waals surface area contributed by atoms with Gasteiger partial charge in [-0.15, -0.1) is 0 Å². The van der Waals surface area contributed by atoms with Crippen LogP contribution in [0.25, 0.3) is 22.1 Å². The van der Waals surface area contributed by atoms with Gasteiger partial charge in [0.15, 0.2) is 0 Å². The molecule has 0 spiro atoms. The quantitative estimate of drug-likeness (QED) is 0.654. The minimum atomic E-state index is -0.710. The number of aliphatic hydroxyl groups is 1. The summed E-state index contributed by atoms with van der Waals surface area (Å²) in [5.74, 6) is 0.501. The Morgan fingerprint density at radius 3 is 2.53 bits per heavy atom. The van der Waals surface area contributed by atoms with Gasteiger partial charge in [-0.25, -0.2) is 4.79 Å². The van der Waals surface area contributed by atoms with E-state index in [1.54, 1.807) is 13.2 Å². The maximum Gasteiger partial charge on any atom is 0.344 e. The summed E-state index contributed by atoms with van der Waals surface area (Å²) in [6.07, 6.45) is -1.52. The van der Waals surface area contributed by atoms with Crippen molar-refractivity contribution in [2.75, 3.05) is 7.11 Å². The fraction of sp³-hybridized carbons (Fsp3) is 0.375. The molecule has 0 bridgehead atoms. The zero-order chi connectivity index (χ0) is 21.5. The zero-order valence-electron chi connectivity index (χ0n) is 17.5. The zero-order valence-corrected chi connectivity index (χ0v) is 17.5. The Morgan fingerprint density at radius 2 is 1.87 bits per heavy atom. The van der Waals surface area contributed by atoms with Gasteiger partial charge >= 0.3 is 5.63 Å². The van der Waals surface area contributed by atoms with Crippen molar-refractivity contribution in [2.24, 2.45) is 0 Å². The number of methoxy groups -OCH3 is 1. The van der Waals surface area contributed by atoms with E-state index >= 15 is 0 Å². The molecule has 0 amide bonds. The lowest BCUT2D eigenvalue weighted by Gasteiger charge is -2.44. The molecule has 30 heavy (non-hydrogen) atoms. The smallest absolute Gasteiger partial charge is 0.344 e. The van der Waals surface area contributed by atoms with Crippen LogP contribution in [-0.4, -0.2) is 36.3 Å². The summed E-state index contributed by atoms with van der Waals surface area (Å²) >= 11 is 0. The monoisotopic (exact) mass is 410 g/mol. The lowest BCUT2D eigenvalue weighted by atomic mass is 9.91. The average molecular weight is 410 g/mol. The SMILES string of the molecule is CO[C@@H]1[C@H](O)C[C@H](Oc2ccc3c(C)c(-c4ccccc4)c(=O)oc3c2)OC1(C)C. The van der Waals surface area contributed by atoms with Gasteiger partial charge in [0.05, 0.1) is 17.3 Å². The number of rotatable bonds is 4. The van der Waals surface area contributed by atoms with Crippen LogP contribution in [-0.2, 0) is 9.47 Å². The number of fused-ring (bicyclic) bond motifs is 1. The Labute approximate surface area is 175 Å². The highest BCUT2D eigenvalue weighted by molar-refractivity contribution is 5.87. The maximum atomic E-state index is 12.7. The molecule has 6 nitrogen and oxygen atoms in total. The van der Waals surface area contributed by atoms with Crippen LogP contribution in [0.15, 0.2) is 57.7 Å². The van der Waals surface area contributed by atoms with Crippen molar-refractivity contribution in [1.29, 1.82) is 0 Å². The van der Waals surface area contributed by atoms with E-state index in [9.17, 15) is 9.90 Å². The van der Waals surface area contributed by atoms with Crippen LogP contribution >= 0.6 is 0 Å². The van der Waals surface area contributed by atoms with Gasteiger partial charge in [-0.05, 0) is 44.0 Å². The fourth-order valence-electron chi connectivity index (χ4n) is 4.25. The van der Waals surface area contributed by atoms with E-state index in [4.69, 9.17) is 18.6 Å². The predicted octanol–water partition coefficient (Wildman–Crippen LogP) is 4.05. The summed E-state index contributed by atoms with van der Waals surface area (Å²) in [6.45, 7) is 5.62. The highest BCUT2D eigenvalue weighted by Crippen LogP contribution is 2.34. The highest BCUT2D eigenvalue weighted by Gasteiger charge is 2.44. The molecule has 0 radical (unpaired) electrons. The fourth-order valence-corrected chi connectivity index (χ4v) is 4.25. The third-order valence-corrected chi connectivity index (χ3v) is 5.63. The van der Waals surface area contributed by atoms with Gasteiger partial charge in [0, 0.05) is 25.0 Å². The third kappa shape index (κ3) is 3.74. The van der Waals surface area contributed by atoms with Crippen molar-refractivity contribution in [1.82, 2.24) is 0 Å². The molecule has 2 aromatic carbocycles.